The van der Waals surface area contributed by atoms with Crippen LogP contribution in [-0.4, -0.2) is 12.1 Å². The average Bonchev–Trinajstić information content (AvgIpc) is 1.97. The average molecular weight is 202 g/mol. The van der Waals surface area contributed by atoms with Gasteiger partial charge in [-0.05, 0) is 18.9 Å². The van der Waals surface area contributed by atoms with Gasteiger partial charge in [-0.2, -0.15) is 13.2 Å². The molecule has 0 amide bonds. The molecule has 0 unspecified atom stereocenters. The zero-order valence-corrected chi connectivity index (χ0v) is 7.00. The van der Waals surface area contributed by atoms with Crippen LogP contribution in [0.25, 0.3) is 0 Å². The van der Waals surface area contributed by atoms with Crippen molar-refractivity contribution < 1.29 is 22.0 Å². The summed E-state index contributed by atoms with van der Waals surface area (Å²) in [6, 6.07) is 0. The van der Waals surface area contributed by atoms with Crippen LogP contribution in [0.4, 0.5) is 22.0 Å². The summed E-state index contributed by atoms with van der Waals surface area (Å²) in [7, 11) is 0. The summed E-state index contributed by atoms with van der Waals surface area (Å²) in [4.78, 5) is 0. The van der Waals surface area contributed by atoms with Crippen LogP contribution in [0.3, 0.4) is 0 Å². The maximum absolute atomic E-state index is 12.4. The molecule has 0 aromatic rings. The van der Waals surface area contributed by atoms with E-state index >= 15 is 0 Å². The van der Waals surface area contributed by atoms with Crippen LogP contribution in [-0.2, 0) is 0 Å². The molecule has 78 valence electrons. The second-order valence-electron chi connectivity index (χ2n) is 2.79. The van der Waals surface area contributed by atoms with Crippen molar-refractivity contribution in [1.82, 2.24) is 0 Å². The summed E-state index contributed by atoms with van der Waals surface area (Å²) in [5.41, 5.74) is 0. The van der Waals surface area contributed by atoms with Gasteiger partial charge in [-0.25, -0.2) is 8.78 Å². The third-order valence-electron chi connectivity index (χ3n) is 1.52. The minimum Gasteiger partial charge on any atom is -0.202 e. The number of unbranched alkanes of at least 4 members (excludes halogenated alkanes) is 1. The molecule has 0 nitrogen and oxygen atoms in total. The lowest BCUT2D eigenvalue weighted by molar-refractivity contribution is -0.136. The first-order valence-electron chi connectivity index (χ1n) is 3.85. The number of hydrogen-bond donors (Lipinski definition) is 0. The first-order valence-corrected chi connectivity index (χ1v) is 3.85. The van der Waals surface area contributed by atoms with Gasteiger partial charge < -0.3 is 0 Å². The predicted octanol–water partition coefficient (Wildman–Crippen LogP) is 3.93. The van der Waals surface area contributed by atoms with Gasteiger partial charge >= 0.3 is 6.18 Å². The molecule has 0 N–H and O–H groups in total. The molecule has 0 spiro atoms. The van der Waals surface area contributed by atoms with Crippen molar-refractivity contribution in [3.05, 3.63) is 12.7 Å². The van der Waals surface area contributed by atoms with E-state index in [1.807, 2.05) is 0 Å². The van der Waals surface area contributed by atoms with Gasteiger partial charge in [0.1, 0.15) is 0 Å². The number of hydrogen-bond acceptors (Lipinski definition) is 0. The largest absolute Gasteiger partial charge is 0.389 e. The van der Waals surface area contributed by atoms with E-state index in [9.17, 15) is 22.0 Å². The molecule has 0 saturated carbocycles. The van der Waals surface area contributed by atoms with Gasteiger partial charge in [0.05, 0.1) is 0 Å². The topological polar surface area (TPSA) is 0 Å². The fourth-order valence-electron chi connectivity index (χ4n) is 0.788. The van der Waals surface area contributed by atoms with Crippen LogP contribution in [0.1, 0.15) is 25.7 Å². The summed E-state index contributed by atoms with van der Waals surface area (Å²) in [5, 5.41) is 0. The van der Waals surface area contributed by atoms with Crippen molar-refractivity contribution in [3.8, 4) is 0 Å². The minimum atomic E-state index is -4.25. The molecule has 0 aliphatic heterocycles. The summed E-state index contributed by atoms with van der Waals surface area (Å²) >= 11 is 0. The molecule has 0 saturated heterocycles. The predicted molar refractivity (Wildman–Crippen MR) is 39.7 cm³/mol. The van der Waals surface area contributed by atoms with Crippen LogP contribution in [0.5, 0.6) is 0 Å². The molecule has 0 aliphatic carbocycles. The standard InChI is InChI=1S/C8H11F5/c1-2-7(9,10)5-3-4-6-8(11,12)13/h2H,1,3-6H2. The van der Waals surface area contributed by atoms with E-state index in [0.717, 1.165) is 0 Å². The monoisotopic (exact) mass is 202 g/mol. The summed E-state index contributed by atoms with van der Waals surface area (Å²) in [6.45, 7) is 2.89. The maximum Gasteiger partial charge on any atom is 0.389 e. The Hall–Kier alpha value is -0.610. The third kappa shape index (κ3) is 7.74. The van der Waals surface area contributed by atoms with Crippen molar-refractivity contribution >= 4 is 0 Å². The second kappa shape index (κ2) is 4.58. The highest BCUT2D eigenvalue weighted by Crippen LogP contribution is 2.26. The Morgan fingerprint density at radius 1 is 0.923 bits per heavy atom. The number of halogens is 5. The first kappa shape index (κ1) is 12.4. The molecule has 0 atom stereocenters. The van der Waals surface area contributed by atoms with Crippen LogP contribution in [0.2, 0.25) is 0 Å². The lowest BCUT2D eigenvalue weighted by Crippen LogP contribution is -2.12. The molecule has 0 radical (unpaired) electrons. The molecule has 0 bridgehead atoms. The van der Waals surface area contributed by atoms with Crippen molar-refractivity contribution in [2.45, 2.75) is 37.8 Å². The highest BCUT2D eigenvalue weighted by atomic mass is 19.4. The quantitative estimate of drug-likeness (QED) is 0.360. The molecule has 0 fully saturated rings. The van der Waals surface area contributed by atoms with Crippen LogP contribution >= 0.6 is 0 Å². The Bertz CT molecular complexity index is 158. The van der Waals surface area contributed by atoms with Crippen molar-refractivity contribution in [2.75, 3.05) is 0 Å². The van der Waals surface area contributed by atoms with E-state index in [0.29, 0.717) is 6.08 Å². The maximum atomic E-state index is 12.4. The molecule has 0 heterocycles. The Balaban J connectivity index is 3.52. The fraction of sp³-hybridized carbons (Fsp3) is 0.750. The van der Waals surface area contributed by atoms with E-state index in [1.165, 1.54) is 0 Å². The molecule has 0 aromatic carbocycles. The Morgan fingerprint density at radius 3 is 1.77 bits per heavy atom. The highest BCUT2D eigenvalue weighted by molar-refractivity contribution is 4.86. The van der Waals surface area contributed by atoms with E-state index in [-0.39, 0.29) is 12.8 Å². The van der Waals surface area contributed by atoms with Crippen LogP contribution in [0.15, 0.2) is 12.7 Å². The molecular formula is C8H11F5. The van der Waals surface area contributed by atoms with Gasteiger partial charge in [0, 0.05) is 12.8 Å². The van der Waals surface area contributed by atoms with Gasteiger partial charge in [-0.3, -0.25) is 0 Å². The first-order chi connectivity index (χ1) is 5.77. The normalized spacial score (nSPS) is 13.0. The minimum absolute atomic E-state index is 0.140. The summed E-state index contributed by atoms with van der Waals surface area (Å²) in [5.74, 6) is -3.04. The molecule has 0 aromatic heterocycles. The van der Waals surface area contributed by atoms with E-state index in [2.05, 4.69) is 6.58 Å². The molecule has 13 heavy (non-hydrogen) atoms. The third-order valence-corrected chi connectivity index (χ3v) is 1.52. The van der Waals surface area contributed by atoms with Crippen LogP contribution < -0.4 is 0 Å². The van der Waals surface area contributed by atoms with Gasteiger partial charge in [-0.1, -0.05) is 6.58 Å². The van der Waals surface area contributed by atoms with Gasteiger partial charge in [0.2, 0.25) is 0 Å². The smallest absolute Gasteiger partial charge is 0.202 e. The highest BCUT2D eigenvalue weighted by Gasteiger charge is 2.28. The van der Waals surface area contributed by atoms with E-state index in [1.54, 1.807) is 0 Å². The zero-order chi connectivity index (χ0) is 10.5. The summed E-state index contributed by atoms with van der Waals surface area (Å²) in [6.07, 6.45) is -5.75. The molecular weight excluding hydrogens is 191 g/mol. The second-order valence-corrected chi connectivity index (χ2v) is 2.79. The van der Waals surface area contributed by atoms with E-state index in [4.69, 9.17) is 0 Å². The van der Waals surface area contributed by atoms with Crippen LogP contribution in [0, 0.1) is 0 Å². The van der Waals surface area contributed by atoms with Gasteiger partial charge in [-0.15, -0.1) is 0 Å². The zero-order valence-electron chi connectivity index (χ0n) is 7.00. The van der Waals surface area contributed by atoms with Gasteiger partial charge in [0.25, 0.3) is 5.92 Å². The number of allylic oxidation sites excluding steroid dienone is 1. The Labute approximate surface area is 73.4 Å². The van der Waals surface area contributed by atoms with Gasteiger partial charge in [0.15, 0.2) is 0 Å². The lowest BCUT2D eigenvalue weighted by atomic mass is 10.1. The molecule has 0 rings (SSSR count). The van der Waals surface area contributed by atoms with Crippen molar-refractivity contribution in [1.29, 1.82) is 0 Å². The number of alkyl halides is 5. The number of rotatable bonds is 5. The lowest BCUT2D eigenvalue weighted by Gasteiger charge is -2.11. The Morgan fingerprint density at radius 2 is 1.38 bits per heavy atom. The van der Waals surface area contributed by atoms with Crippen molar-refractivity contribution in [2.24, 2.45) is 0 Å². The SMILES string of the molecule is C=CC(F)(F)CCCCC(F)(F)F. The Kier molecular flexibility index (Phi) is 4.36. The van der Waals surface area contributed by atoms with Crippen molar-refractivity contribution in [3.63, 3.8) is 0 Å². The fourth-order valence-corrected chi connectivity index (χ4v) is 0.788. The summed E-state index contributed by atoms with van der Waals surface area (Å²) < 4.78 is 59.4. The van der Waals surface area contributed by atoms with E-state index < -0.39 is 24.9 Å². The molecule has 5 heteroatoms. The molecule has 0 aliphatic rings.